The zero-order valence-corrected chi connectivity index (χ0v) is 21.3. The van der Waals surface area contributed by atoms with Crippen LogP contribution in [0.1, 0.15) is 36.8 Å². The lowest BCUT2D eigenvalue weighted by atomic mass is 10.0. The largest absolute Gasteiger partial charge is 0.458 e. The first-order valence-electron chi connectivity index (χ1n) is 11.0. The molecule has 3 aromatic rings. The Hall–Kier alpha value is -4.15. The van der Waals surface area contributed by atoms with Crippen molar-refractivity contribution >= 4 is 64.4 Å². The maximum Gasteiger partial charge on any atom is 0.329 e. The lowest BCUT2D eigenvalue weighted by Gasteiger charge is -2.07. The van der Waals surface area contributed by atoms with Gasteiger partial charge in [-0.05, 0) is 53.9 Å². The highest BCUT2D eigenvalue weighted by Crippen LogP contribution is 2.22. The van der Waals surface area contributed by atoms with Gasteiger partial charge in [0.2, 0.25) is 0 Å². The molecule has 2 aromatic carbocycles. The number of nitrogens with one attached hydrogen (secondary N) is 4. The van der Waals surface area contributed by atoms with Crippen molar-refractivity contribution in [2.24, 2.45) is 5.10 Å². The highest BCUT2D eigenvalue weighted by molar-refractivity contribution is 6.40. The van der Waals surface area contributed by atoms with E-state index in [4.69, 9.17) is 27.6 Å². The molecule has 0 aliphatic heterocycles. The minimum Gasteiger partial charge on any atom is -0.458 e. The first kappa shape index (κ1) is 27.4. The minimum atomic E-state index is -0.963. The molecule has 1 aromatic heterocycles. The molecule has 192 valence electrons. The predicted molar refractivity (Wildman–Crippen MR) is 141 cm³/mol. The van der Waals surface area contributed by atoms with E-state index in [2.05, 4.69) is 40.3 Å². The van der Waals surface area contributed by atoms with Crippen LogP contribution in [0.4, 0.5) is 11.4 Å². The van der Waals surface area contributed by atoms with Crippen molar-refractivity contribution in [3.63, 3.8) is 0 Å². The molecule has 0 unspecified atom stereocenters. The lowest BCUT2D eigenvalue weighted by Crippen LogP contribution is -2.34. The van der Waals surface area contributed by atoms with Gasteiger partial charge in [-0.15, -0.1) is 0 Å². The van der Waals surface area contributed by atoms with E-state index in [1.807, 2.05) is 12.1 Å². The minimum absolute atomic E-state index is 0.0826. The van der Waals surface area contributed by atoms with Gasteiger partial charge in [-0.2, -0.15) is 5.10 Å². The van der Waals surface area contributed by atoms with Crippen LogP contribution >= 0.6 is 23.2 Å². The number of amides is 4. The molecule has 0 fully saturated rings. The van der Waals surface area contributed by atoms with E-state index in [-0.39, 0.29) is 18.0 Å². The summed E-state index contributed by atoms with van der Waals surface area (Å²) in [7, 11) is 0. The Bertz CT molecular complexity index is 1320. The molecule has 0 radical (unpaired) electrons. The van der Waals surface area contributed by atoms with Crippen LogP contribution in [-0.4, -0.2) is 29.8 Å². The summed E-state index contributed by atoms with van der Waals surface area (Å²) in [6, 6.07) is 14.6. The monoisotopic (exact) mass is 543 g/mol. The van der Waals surface area contributed by atoms with Crippen LogP contribution in [-0.2, 0) is 25.7 Å². The van der Waals surface area contributed by atoms with Crippen molar-refractivity contribution in [2.75, 3.05) is 10.6 Å². The Balaban J connectivity index is 1.43. The van der Waals surface area contributed by atoms with Gasteiger partial charge < -0.3 is 20.4 Å². The summed E-state index contributed by atoms with van der Waals surface area (Å²) < 4.78 is 5.45. The van der Waals surface area contributed by atoms with Gasteiger partial charge in [0.15, 0.2) is 0 Å². The average molecular weight is 544 g/mol. The molecule has 0 bridgehead atoms. The zero-order chi connectivity index (χ0) is 26.9. The molecular formula is C25H23Cl2N5O5. The summed E-state index contributed by atoms with van der Waals surface area (Å²) in [5.74, 6) is -2.75. The van der Waals surface area contributed by atoms with Crippen LogP contribution in [0.15, 0.2) is 64.1 Å². The van der Waals surface area contributed by atoms with E-state index >= 15 is 0 Å². The van der Waals surface area contributed by atoms with E-state index in [0.717, 1.165) is 5.56 Å². The number of benzene rings is 2. The predicted octanol–water partition coefficient (Wildman–Crippen LogP) is 4.05. The molecule has 37 heavy (non-hydrogen) atoms. The van der Waals surface area contributed by atoms with E-state index in [1.165, 1.54) is 30.5 Å². The topological polar surface area (TPSA) is 142 Å². The van der Waals surface area contributed by atoms with Gasteiger partial charge in [-0.1, -0.05) is 49.2 Å². The summed E-state index contributed by atoms with van der Waals surface area (Å²) in [6.07, 6.45) is 1.18. The SMILES string of the molecule is CC(C)c1ccc(NC(=O)C(=O)N/N=C/c2ccc(CNC(=O)C(=O)Nc3cc(Cl)cc(Cl)c3)o2)cc1. The molecule has 0 aliphatic rings. The Morgan fingerprint density at radius 1 is 0.838 bits per heavy atom. The Morgan fingerprint density at radius 3 is 2.11 bits per heavy atom. The fourth-order valence-electron chi connectivity index (χ4n) is 2.96. The standard InChI is InChI=1S/C25H23Cl2N5O5/c1-14(2)15-3-5-18(6-4-15)30-24(35)25(36)32-29-13-21-8-7-20(37-21)12-28-22(33)23(34)31-19-10-16(26)9-17(27)11-19/h3-11,13-14H,12H2,1-2H3,(H,28,33)(H,30,35)(H,31,34)(H,32,36)/b29-13+. The molecule has 0 saturated heterocycles. The molecule has 0 spiro atoms. The highest BCUT2D eigenvalue weighted by atomic mass is 35.5. The van der Waals surface area contributed by atoms with Crippen LogP contribution in [0.25, 0.3) is 0 Å². The molecule has 10 nitrogen and oxygen atoms in total. The second-order valence-electron chi connectivity index (χ2n) is 8.03. The van der Waals surface area contributed by atoms with Crippen molar-refractivity contribution in [2.45, 2.75) is 26.3 Å². The van der Waals surface area contributed by atoms with Crippen molar-refractivity contribution in [3.8, 4) is 0 Å². The normalized spacial score (nSPS) is 10.8. The molecule has 4 amide bonds. The molecule has 0 atom stereocenters. The van der Waals surface area contributed by atoms with E-state index < -0.39 is 23.6 Å². The van der Waals surface area contributed by atoms with Gasteiger partial charge in [-0.25, -0.2) is 5.43 Å². The first-order chi connectivity index (χ1) is 17.6. The maximum atomic E-state index is 12.0. The number of nitrogens with zero attached hydrogens (tertiary/aromatic N) is 1. The molecule has 0 saturated carbocycles. The molecular weight excluding hydrogens is 521 g/mol. The number of hydrazone groups is 1. The fourth-order valence-corrected chi connectivity index (χ4v) is 3.49. The quantitative estimate of drug-likeness (QED) is 0.202. The summed E-state index contributed by atoms with van der Waals surface area (Å²) in [5, 5.41) is 11.6. The van der Waals surface area contributed by atoms with E-state index in [9.17, 15) is 19.2 Å². The van der Waals surface area contributed by atoms with Crippen molar-refractivity contribution in [1.82, 2.24) is 10.7 Å². The van der Waals surface area contributed by atoms with Gasteiger partial charge in [-0.3, -0.25) is 19.2 Å². The lowest BCUT2D eigenvalue weighted by molar-refractivity contribution is -0.136. The second kappa shape index (κ2) is 12.7. The highest BCUT2D eigenvalue weighted by Gasteiger charge is 2.15. The van der Waals surface area contributed by atoms with E-state index in [0.29, 0.717) is 27.4 Å². The van der Waals surface area contributed by atoms with Crippen molar-refractivity contribution in [3.05, 3.63) is 81.7 Å². The molecule has 12 heteroatoms. The summed E-state index contributed by atoms with van der Waals surface area (Å²) >= 11 is 11.7. The maximum absolute atomic E-state index is 12.0. The number of rotatable bonds is 7. The third-order valence-corrected chi connectivity index (χ3v) is 5.27. The van der Waals surface area contributed by atoms with Gasteiger partial charge >= 0.3 is 23.6 Å². The third-order valence-electron chi connectivity index (χ3n) is 4.83. The Labute approximate surface area is 222 Å². The van der Waals surface area contributed by atoms with Crippen molar-refractivity contribution < 1.29 is 23.6 Å². The van der Waals surface area contributed by atoms with Crippen molar-refractivity contribution in [1.29, 1.82) is 0 Å². The molecule has 3 rings (SSSR count). The number of halogens is 2. The van der Waals surface area contributed by atoms with Crippen LogP contribution in [0.3, 0.4) is 0 Å². The molecule has 4 N–H and O–H groups in total. The fraction of sp³-hybridized carbons (Fsp3) is 0.160. The molecule has 1 heterocycles. The number of anilines is 2. The Morgan fingerprint density at radius 2 is 1.46 bits per heavy atom. The van der Waals surface area contributed by atoms with Gasteiger partial charge in [0.1, 0.15) is 11.5 Å². The van der Waals surface area contributed by atoms with Crippen LogP contribution < -0.4 is 21.4 Å². The number of carbonyl (C=O) groups is 4. The summed E-state index contributed by atoms with van der Waals surface area (Å²) in [6.45, 7) is 4.02. The summed E-state index contributed by atoms with van der Waals surface area (Å²) in [5.41, 5.74) is 3.97. The number of hydrogen-bond donors (Lipinski definition) is 4. The van der Waals surface area contributed by atoms with Crippen LogP contribution in [0.5, 0.6) is 0 Å². The number of furan rings is 1. The smallest absolute Gasteiger partial charge is 0.329 e. The third kappa shape index (κ3) is 8.48. The van der Waals surface area contributed by atoms with Crippen LogP contribution in [0.2, 0.25) is 10.0 Å². The average Bonchev–Trinajstić information content (AvgIpc) is 3.29. The first-order valence-corrected chi connectivity index (χ1v) is 11.7. The molecule has 0 aliphatic carbocycles. The zero-order valence-electron chi connectivity index (χ0n) is 19.8. The summed E-state index contributed by atoms with van der Waals surface area (Å²) in [4.78, 5) is 48.1. The second-order valence-corrected chi connectivity index (χ2v) is 8.90. The van der Waals surface area contributed by atoms with Gasteiger partial charge in [0.05, 0.1) is 12.8 Å². The van der Waals surface area contributed by atoms with Gasteiger partial charge in [0.25, 0.3) is 0 Å². The van der Waals surface area contributed by atoms with E-state index in [1.54, 1.807) is 18.2 Å². The number of carbonyl (C=O) groups excluding carboxylic acids is 4. The Kier molecular flexibility index (Phi) is 9.42. The number of hydrogen-bond acceptors (Lipinski definition) is 6. The van der Waals surface area contributed by atoms with Crippen LogP contribution in [0, 0.1) is 0 Å². The van der Waals surface area contributed by atoms with Gasteiger partial charge in [0, 0.05) is 21.4 Å².